The van der Waals surface area contributed by atoms with Crippen LogP contribution in [-0.2, 0) is 10.9 Å². The first kappa shape index (κ1) is 13.7. The van der Waals surface area contributed by atoms with Gasteiger partial charge in [0.25, 0.3) is 0 Å². The summed E-state index contributed by atoms with van der Waals surface area (Å²) in [6.07, 6.45) is -0.811. The minimum absolute atomic E-state index is 0.302. The van der Waals surface area contributed by atoms with Crippen LogP contribution in [0.15, 0.2) is 21.7 Å². The number of rotatable bonds is 2. The maximum atomic E-state index is 11.7. The van der Waals surface area contributed by atoms with E-state index in [1.165, 1.54) is 0 Å². The highest BCUT2D eigenvalue weighted by molar-refractivity contribution is 7.50. The van der Waals surface area contributed by atoms with Crippen molar-refractivity contribution in [2.45, 2.75) is 20.1 Å². The van der Waals surface area contributed by atoms with Gasteiger partial charge in [-0.25, -0.2) is 0 Å². The quantitative estimate of drug-likeness (QED) is 0.547. The summed E-state index contributed by atoms with van der Waals surface area (Å²) in [5.41, 5.74) is 0.573. The average Bonchev–Trinajstić information content (AvgIpc) is 2.27. The second-order valence-electron chi connectivity index (χ2n) is 4.45. The standard InChI is InChI=1S/C11H13N2O5P/c1-6-3-8-9(4-7(6)2)13(5-19(16,17)18)11(15)10(14)12-8/h3-4H,5H2,1-2H3,(H,12,14)(H2,16,17,18). The summed E-state index contributed by atoms with van der Waals surface area (Å²) >= 11 is 0. The van der Waals surface area contributed by atoms with Crippen molar-refractivity contribution >= 4 is 18.6 Å². The molecular formula is C11H13N2O5P. The molecule has 2 rings (SSSR count). The number of fused-ring (bicyclic) bond motifs is 1. The topological polar surface area (TPSA) is 112 Å². The van der Waals surface area contributed by atoms with Crippen molar-refractivity contribution in [1.29, 1.82) is 0 Å². The fourth-order valence-electron chi connectivity index (χ4n) is 1.86. The molecular weight excluding hydrogens is 271 g/mol. The summed E-state index contributed by atoms with van der Waals surface area (Å²) in [4.78, 5) is 43.7. The maximum Gasteiger partial charge on any atom is 0.345 e. The molecule has 0 radical (unpaired) electrons. The van der Waals surface area contributed by atoms with E-state index in [1.54, 1.807) is 12.1 Å². The molecule has 0 aliphatic rings. The first-order chi connectivity index (χ1) is 8.69. The number of aryl methyl sites for hydroxylation is 2. The molecule has 2 aromatic rings. The molecule has 1 heterocycles. The number of nitrogens with one attached hydrogen (secondary N) is 1. The highest BCUT2D eigenvalue weighted by atomic mass is 31.2. The zero-order valence-corrected chi connectivity index (χ0v) is 11.3. The Labute approximate surface area is 107 Å². The summed E-state index contributed by atoms with van der Waals surface area (Å²) in [5, 5.41) is 0. The lowest BCUT2D eigenvalue weighted by atomic mass is 10.1. The largest absolute Gasteiger partial charge is 0.345 e. The summed E-state index contributed by atoms with van der Waals surface area (Å²) in [7, 11) is -4.46. The van der Waals surface area contributed by atoms with E-state index in [1.807, 2.05) is 13.8 Å². The second-order valence-corrected chi connectivity index (χ2v) is 6.06. The number of H-pyrrole nitrogens is 1. The van der Waals surface area contributed by atoms with Crippen LogP contribution in [0, 0.1) is 13.8 Å². The molecule has 0 atom stereocenters. The Bertz CT molecular complexity index is 814. The van der Waals surface area contributed by atoms with Gasteiger partial charge in [-0.1, -0.05) is 0 Å². The van der Waals surface area contributed by atoms with Crippen molar-refractivity contribution in [3.63, 3.8) is 0 Å². The van der Waals surface area contributed by atoms with Gasteiger partial charge in [0.15, 0.2) is 0 Å². The molecule has 0 spiro atoms. The van der Waals surface area contributed by atoms with Gasteiger partial charge < -0.3 is 14.8 Å². The first-order valence-corrected chi connectivity index (χ1v) is 7.27. The SMILES string of the molecule is Cc1cc2[nH]c(=O)c(=O)n(CP(=O)(O)O)c2cc1C. The minimum atomic E-state index is -4.46. The summed E-state index contributed by atoms with van der Waals surface area (Å²) < 4.78 is 11.9. The Balaban J connectivity index is 2.90. The van der Waals surface area contributed by atoms with Crippen LogP contribution in [0.5, 0.6) is 0 Å². The van der Waals surface area contributed by atoms with Crippen LogP contribution < -0.4 is 11.1 Å². The van der Waals surface area contributed by atoms with Gasteiger partial charge in [0.05, 0.1) is 11.0 Å². The Morgan fingerprint density at radius 1 is 1.21 bits per heavy atom. The van der Waals surface area contributed by atoms with E-state index in [0.717, 1.165) is 15.7 Å². The van der Waals surface area contributed by atoms with Gasteiger partial charge in [-0.2, -0.15) is 0 Å². The highest BCUT2D eigenvalue weighted by Gasteiger charge is 2.18. The van der Waals surface area contributed by atoms with Gasteiger partial charge in [0.2, 0.25) is 0 Å². The molecule has 0 fully saturated rings. The molecule has 1 aromatic carbocycles. The monoisotopic (exact) mass is 284 g/mol. The van der Waals surface area contributed by atoms with Gasteiger partial charge >= 0.3 is 18.7 Å². The van der Waals surface area contributed by atoms with Crippen molar-refractivity contribution in [1.82, 2.24) is 9.55 Å². The second kappa shape index (κ2) is 4.45. The van der Waals surface area contributed by atoms with E-state index in [9.17, 15) is 14.2 Å². The van der Waals surface area contributed by atoms with Gasteiger partial charge in [-0.05, 0) is 37.1 Å². The lowest BCUT2D eigenvalue weighted by Crippen LogP contribution is -2.36. The molecule has 0 unspecified atom stereocenters. The molecule has 0 bridgehead atoms. The number of nitrogens with zero attached hydrogens (tertiary/aromatic N) is 1. The maximum absolute atomic E-state index is 11.7. The van der Waals surface area contributed by atoms with Crippen molar-refractivity contribution in [2.24, 2.45) is 0 Å². The van der Waals surface area contributed by atoms with Crippen LogP contribution in [0.25, 0.3) is 11.0 Å². The Morgan fingerprint density at radius 2 is 1.79 bits per heavy atom. The zero-order chi connectivity index (χ0) is 14.4. The molecule has 1 aromatic heterocycles. The molecule has 0 saturated carbocycles. The van der Waals surface area contributed by atoms with E-state index in [2.05, 4.69) is 4.98 Å². The van der Waals surface area contributed by atoms with Crippen LogP contribution >= 0.6 is 7.60 Å². The van der Waals surface area contributed by atoms with E-state index in [4.69, 9.17) is 9.79 Å². The van der Waals surface area contributed by atoms with Gasteiger partial charge in [-0.3, -0.25) is 18.7 Å². The smallest absolute Gasteiger partial charge is 0.323 e. The number of benzene rings is 1. The average molecular weight is 284 g/mol. The molecule has 102 valence electrons. The van der Waals surface area contributed by atoms with Gasteiger partial charge in [-0.15, -0.1) is 0 Å². The molecule has 3 N–H and O–H groups in total. The molecule has 0 amide bonds. The lowest BCUT2D eigenvalue weighted by molar-refractivity contribution is 0.362. The van der Waals surface area contributed by atoms with Crippen molar-refractivity contribution in [3.8, 4) is 0 Å². The Hall–Kier alpha value is -1.69. The van der Waals surface area contributed by atoms with Crippen LogP contribution in [0.3, 0.4) is 0 Å². The molecule has 7 nitrogen and oxygen atoms in total. The highest BCUT2D eigenvalue weighted by Crippen LogP contribution is 2.36. The minimum Gasteiger partial charge on any atom is -0.323 e. The van der Waals surface area contributed by atoms with E-state index >= 15 is 0 Å². The molecule has 19 heavy (non-hydrogen) atoms. The predicted octanol–water partition coefficient (Wildman–Crippen LogP) is 0.442. The fourth-order valence-corrected chi connectivity index (χ4v) is 2.51. The fraction of sp³-hybridized carbons (Fsp3) is 0.273. The molecule has 0 aliphatic carbocycles. The summed E-state index contributed by atoms with van der Waals surface area (Å²) in [6.45, 7) is 3.65. The number of aromatic nitrogens is 2. The third-order valence-electron chi connectivity index (χ3n) is 2.92. The third-order valence-corrected chi connectivity index (χ3v) is 3.57. The number of aromatic amines is 1. The van der Waals surface area contributed by atoms with Crippen molar-refractivity contribution in [3.05, 3.63) is 44.0 Å². The Morgan fingerprint density at radius 3 is 2.37 bits per heavy atom. The number of hydrogen-bond donors (Lipinski definition) is 3. The normalized spacial score (nSPS) is 12.0. The van der Waals surface area contributed by atoms with Gasteiger partial charge in [0, 0.05) is 0 Å². The summed E-state index contributed by atoms with van der Waals surface area (Å²) in [5.74, 6) is 0. The van der Waals surface area contributed by atoms with E-state index < -0.39 is 25.0 Å². The zero-order valence-electron chi connectivity index (χ0n) is 10.4. The molecule has 0 aliphatic heterocycles. The van der Waals surface area contributed by atoms with Crippen molar-refractivity contribution in [2.75, 3.05) is 0 Å². The van der Waals surface area contributed by atoms with E-state index in [-0.39, 0.29) is 0 Å². The lowest BCUT2D eigenvalue weighted by Gasteiger charge is -2.12. The summed E-state index contributed by atoms with van der Waals surface area (Å²) in [6, 6.07) is 3.29. The van der Waals surface area contributed by atoms with Crippen LogP contribution in [0.4, 0.5) is 0 Å². The third kappa shape index (κ3) is 2.68. The Kier molecular flexibility index (Phi) is 3.22. The first-order valence-electron chi connectivity index (χ1n) is 5.48. The van der Waals surface area contributed by atoms with Gasteiger partial charge in [0.1, 0.15) is 6.29 Å². The molecule has 8 heteroatoms. The predicted molar refractivity (Wildman–Crippen MR) is 70.3 cm³/mol. The molecule has 0 saturated heterocycles. The van der Waals surface area contributed by atoms with E-state index in [0.29, 0.717) is 11.0 Å². The number of hydrogen-bond acceptors (Lipinski definition) is 3. The van der Waals surface area contributed by atoms with Crippen LogP contribution in [0.1, 0.15) is 11.1 Å². The van der Waals surface area contributed by atoms with Crippen LogP contribution in [0.2, 0.25) is 0 Å². The van der Waals surface area contributed by atoms with Crippen molar-refractivity contribution < 1.29 is 14.4 Å². The van der Waals surface area contributed by atoms with Crippen LogP contribution in [-0.4, -0.2) is 19.3 Å².